The number of amides is 2. The highest BCUT2D eigenvalue weighted by Gasteiger charge is 2.25. The van der Waals surface area contributed by atoms with E-state index in [-0.39, 0.29) is 24.5 Å². The molecule has 2 heterocycles. The Hall–Kier alpha value is -3.02. The summed E-state index contributed by atoms with van der Waals surface area (Å²) in [7, 11) is 0. The quantitative estimate of drug-likeness (QED) is 0.902. The molecule has 0 radical (unpaired) electrons. The number of carbonyl (C=O) groups is 2. The van der Waals surface area contributed by atoms with Crippen LogP contribution < -0.4 is 14.8 Å². The molecule has 2 aromatic rings. The molecule has 0 aromatic heterocycles. The van der Waals surface area contributed by atoms with Crippen LogP contribution in [0.1, 0.15) is 29.9 Å². The molecule has 6 heteroatoms. The Morgan fingerprint density at radius 3 is 2.70 bits per heavy atom. The van der Waals surface area contributed by atoms with Crippen LogP contribution in [0.5, 0.6) is 11.5 Å². The lowest BCUT2D eigenvalue weighted by Gasteiger charge is -2.24. The van der Waals surface area contributed by atoms with E-state index in [9.17, 15) is 9.59 Å². The number of rotatable bonds is 4. The van der Waals surface area contributed by atoms with E-state index in [2.05, 4.69) is 5.32 Å². The van der Waals surface area contributed by atoms with E-state index in [1.165, 1.54) is 0 Å². The van der Waals surface area contributed by atoms with E-state index in [0.29, 0.717) is 38.2 Å². The Bertz CT molecular complexity index is 837. The van der Waals surface area contributed by atoms with Crippen LogP contribution in [-0.2, 0) is 9.59 Å². The van der Waals surface area contributed by atoms with Crippen molar-refractivity contribution in [3.05, 3.63) is 59.7 Å². The molecule has 1 saturated heterocycles. The highest BCUT2D eigenvalue weighted by Crippen LogP contribution is 2.37. The summed E-state index contributed by atoms with van der Waals surface area (Å²) in [6.07, 6.45) is 0.698. The summed E-state index contributed by atoms with van der Waals surface area (Å²) in [5.41, 5.74) is 2.09. The normalized spacial score (nSPS) is 17.2. The summed E-state index contributed by atoms with van der Waals surface area (Å²) < 4.78 is 10.9. The number of ether oxygens (including phenoxy) is 2. The van der Waals surface area contributed by atoms with E-state index in [1.54, 1.807) is 4.90 Å². The number of carbonyl (C=O) groups excluding carboxylic acids is 2. The van der Waals surface area contributed by atoms with E-state index >= 15 is 0 Å². The number of fused-ring (bicyclic) bond motifs is 1. The van der Waals surface area contributed by atoms with Gasteiger partial charge in [0.05, 0.1) is 0 Å². The van der Waals surface area contributed by atoms with Crippen molar-refractivity contribution >= 4 is 11.8 Å². The van der Waals surface area contributed by atoms with Crippen molar-refractivity contribution in [3.8, 4) is 11.5 Å². The predicted octanol–water partition coefficient (Wildman–Crippen LogP) is 2.29. The molecule has 0 aliphatic carbocycles. The Labute approximate surface area is 158 Å². The zero-order valence-corrected chi connectivity index (χ0v) is 15.0. The smallest absolute Gasteiger partial charge is 0.231 e. The third-order valence-electron chi connectivity index (χ3n) is 5.05. The zero-order valence-electron chi connectivity index (χ0n) is 15.0. The van der Waals surface area contributed by atoms with Gasteiger partial charge in [0.25, 0.3) is 0 Å². The Morgan fingerprint density at radius 2 is 1.85 bits per heavy atom. The molecule has 2 aliphatic rings. The van der Waals surface area contributed by atoms with Gasteiger partial charge in [-0.3, -0.25) is 9.59 Å². The number of hydrogen-bond acceptors (Lipinski definition) is 4. The highest BCUT2D eigenvalue weighted by atomic mass is 16.7. The van der Waals surface area contributed by atoms with Crippen molar-refractivity contribution in [2.45, 2.75) is 18.8 Å². The SMILES string of the molecule is O=C1CCN(C(=O)C[C@H](c2ccccc2)c2ccc3c(c2)OCO3)CCN1. The van der Waals surface area contributed by atoms with Gasteiger partial charge in [0.15, 0.2) is 11.5 Å². The number of nitrogens with one attached hydrogen (secondary N) is 1. The van der Waals surface area contributed by atoms with Crippen molar-refractivity contribution < 1.29 is 19.1 Å². The molecule has 1 fully saturated rings. The van der Waals surface area contributed by atoms with Crippen LogP contribution in [0.3, 0.4) is 0 Å². The van der Waals surface area contributed by atoms with Crippen molar-refractivity contribution in [1.82, 2.24) is 10.2 Å². The molecule has 6 nitrogen and oxygen atoms in total. The van der Waals surface area contributed by atoms with Crippen LogP contribution in [-0.4, -0.2) is 43.1 Å². The van der Waals surface area contributed by atoms with E-state index in [4.69, 9.17) is 9.47 Å². The van der Waals surface area contributed by atoms with Gasteiger partial charge < -0.3 is 19.7 Å². The minimum Gasteiger partial charge on any atom is -0.454 e. The van der Waals surface area contributed by atoms with Crippen LogP contribution in [0.25, 0.3) is 0 Å². The fraction of sp³-hybridized carbons (Fsp3) is 0.333. The van der Waals surface area contributed by atoms with Crippen molar-refractivity contribution in [1.29, 1.82) is 0 Å². The van der Waals surface area contributed by atoms with Gasteiger partial charge in [-0.1, -0.05) is 36.4 Å². The Balaban J connectivity index is 1.59. The summed E-state index contributed by atoms with van der Waals surface area (Å²) in [5, 5.41) is 2.81. The maximum absolute atomic E-state index is 13.0. The van der Waals surface area contributed by atoms with Gasteiger partial charge in [0.1, 0.15) is 0 Å². The Morgan fingerprint density at radius 1 is 1.04 bits per heavy atom. The van der Waals surface area contributed by atoms with Crippen molar-refractivity contribution in [2.24, 2.45) is 0 Å². The minimum absolute atomic E-state index is 0.000630. The van der Waals surface area contributed by atoms with Crippen LogP contribution in [0.2, 0.25) is 0 Å². The Kier molecular flexibility index (Phi) is 4.96. The standard InChI is InChI=1S/C21H22N2O4/c24-20-8-10-23(11-9-22-20)21(25)13-17(15-4-2-1-3-5-15)16-6-7-18-19(12-16)27-14-26-18/h1-7,12,17H,8-11,13-14H2,(H,22,24)/t17-/m1/s1. The molecule has 2 amide bonds. The first kappa shape index (κ1) is 17.4. The zero-order chi connectivity index (χ0) is 18.6. The first-order chi connectivity index (χ1) is 13.2. The van der Waals surface area contributed by atoms with Crippen molar-refractivity contribution in [3.63, 3.8) is 0 Å². The summed E-state index contributed by atoms with van der Waals surface area (Å²) in [6.45, 7) is 1.74. The monoisotopic (exact) mass is 366 g/mol. The van der Waals surface area contributed by atoms with Gasteiger partial charge >= 0.3 is 0 Å². The topological polar surface area (TPSA) is 67.9 Å². The van der Waals surface area contributed by atoms with Crippen LogP contribution in [0.15, 0.2) is 48.5 Å². The molecule has 2 aliphatic heterocycles. The molecule has 0 saturated carbocycles. The number of nitrogens with zero attached hydrogens (tertiary/aromatic N) is 1. The fourth-order valence-electron chi connectivity index (χ4n) is 3.56. The fourth-order valence-corrected chi connectivity index (χ4v) is 3.56. The molecule has 140 valence electrons. The second kappa shape index (κ2) is 7.70. The van der Waals surface area contributed by atoms with Crippen LogP contribution >= 0.6 is 0 Å². The lowest BCUT2D eigenvalue weighted by atomic mass is 9.88. The second-order valence-corrected chi connectivity index (χ2v) is 6.76. The molecule has 0 spiro atoms. The highest BCUT2D eigenvalue weighted by molar-refractivity contribution is 5.81. The molecule has 1 atom stereocenters. The van der Waals surface area contributed by atoms with E-state index in [1.807, 2.05) is 48.5 Å². The third kappa shape index (κ3) is 3.89. The molecule has 1 N–H and O–H groups in total. The van der Waals surface area contributed by atoms with Gasteiger partial charge in [-0.25, -0.2) is 0 Å². The summed E-state index contributed by atoms with van der Waals surface area (Å²) in [5.74, 6) is 1.42. The molecule has 0 bridgehead atoms. The van der Waals surface area contributed by atoms with E-state index in [0.717, 1.165) is 16.9 Å². The summed E-state index contributed by atoms with van der Waals surface area (Å²) in [4.78, 5) is 26.3. The van der Waals surface area contributed by atoms with E-state index < -0.39 is 0 Å². The maximum atomic E-state index is 13.0. The maximum Gasteiger partial charge on any atom is 0.231 e. The lowest BCUT2D eigenvalue weighted by Crippen LogP contribution is -2.35. The molecule has 27 heavy (non-hydrogen) atoms. The second-order valence-electron chi connectivity index (χ2n) is 6.76. The average molecular weight is 366 g/mol. The van der Waals surface area contributed by atoms with Crippen LogP contribution in [0, 0.1) is 0 Å². The predicted molar refractivity (Wildman–Crippen MR) is 99.7 cm³/mol. The molecule has 0 unspecified atom stereocenters. The lowest BCUT2D eigenvalue weighted by molar-refractivity contribution is -0.131. The molecule has 4 rings (SSSR count). The van der Waals surface area contributed by atoms with Gasteiger partial charge in [-0.2, -0.15) is 0 Å². The largest absolute Gasteiger partial charge is 0.454 e. The summed E-state index contributed by atoms with van der Waals surface area (Å²) in [6, 6.07) is 15.8. The first-order valence-corrected chi connectivity index (χ1v) is 9.19. The molecular weight excluding hydrogens is 344 g/mol. The third-order valence-corrected chi connectivity index (χ3v) is 5.05. The number of benzene rings is 2. The van der Waals surface area contributed by atoms with Gasteiger partial charge in [0.2, 0.25) is 18.6 Å². The molecule has 2 aromatic carbocycles. The van der Waals surface area contributed by atoms with Gasteiger partial charge in [0, 0.05) is 38.4 Å². The van der Waals surface area contributed by atoms with Crippen molar-refractivity contribution in [2.75, 3.05) is 26.4 Å². The summed E-state index contributed by atoms with van der Waals surface area (Å²) >= 11 is 0. The van der Waals surface area contributed by atoms with Crippen LogP contribution in [0.4, 0.5) is 0 Å². The number of hydrogen-bond donors (Lipinski definition) is 1. The minimum atomic E-state index is -0.0832. The van der Waals surface area contributed by atoms with Gasteiger partial charge in [-0.15, -0.1) is 0 Å². The van der Waals surface area contributed by atoms with Gasteiger partial charge in [-0.05, 0) is 23.3 Å². The molecular formula is C21H22N2O4. The first-order valence-electron chi connectivity index (χ1n) is 9.19. The average Bonchev–Trinajstić information content (AvgIpc) is 3.06.